The molecule has 2 N–H and O–H groups in total. The van der Waals surface area contributed by atoms with Gasteiger partial charge >= 0.3 is 12.2 Å². The molecule has 4 rings (SSSR count). The molecule has 0 spiro atoms. The maximum atomic E-state index is 13.1. The normalized spacial score (nSPS) is 14.8. The van der Waals surface area contributed by atoms with Crippen molar-refractivity contribution in [1.82, 2.24) is 19.7 Å². The van der Waals surface area contributed by atoms with Crippen molar-refractivity contribution >= 4 is 5.82 Å². The van der Waals surface area contributed by atoms with Crippen molar-refractivity contribution in [3.05, 3.63) is 48.2 Å². The largest absolute Gasteiger partial charge is 0.461 e. The quantitative estimate of drug-likeness (QED) is 0.516. The van der Waals surface area contributed by atoms with Crippen LogP contribution < -0.4 is 9.64 Å². The Balaban J connectivity index is 0.00000167. The van der Waals surface area contributed by atoms with Crippen LogP contribution in [0.2, 0.25) is 0 Å². The first-order chi connectivity index (χ1) is 16.8. The second-order valence-electron chi connectivity index (χ2n) is 7.34. The topological polar surface area (TPSA) is 106 Å². The molecule has 1 saturated heterocycles. The van der Waals surface area contributed by atoms with E-state index in [1.165, 1.54) is 10.7 Å². The Bertz CT molecular complexity index is 1090. The van der Waals surface area contributed by atoms with E-state index in [0.717, 1.165) is 12.1 Å². The van der Waals surface area contributed by atoms with Crippen LogP contribution in [0, 0.1) is 0 Å². The summed E-state index contributed by atoms with van der Waals surface area (Å²) in [5.41, 5.74) is -0.108. The van der Waals surface area contributed by atoms with Gasteiger partial charge in [0.25, 0.3) is 0 Å². The molecule has 0 bridgehead atoms. The summed E-state index contributed by atoms with van der Waals surface area (Å²) >= 11 is 0. The molecule has 9 nitrogen and oxygen atoms in total. The minimum atomic E-state index is -4.45. The van der Waals surface area contributed by atoms with Crippen LogP contribution >= 0.6 is 0 Å². The molecule has 35 heavy (non-hydrogen) atoms. The van der Waals surface area contributed by atoms with Gasteiger partial charge in [-0.25, -0.2) is 4.68 Å². The first kappa shape index (κ1) is 26.4. The number of hydrogen-bond acceptors (Lipinski definition) is 8. The summed E-state index contributed by atoms with van der Waals surface area (Å²) < 4.78 is 51.4. The summed E-state index contributed by atoms with van der Waals surface area (Å²) in [6.07, 6.45) is -3.97. The highest BCUT2D eigenvalue weighted by atomic mass is 19.4. The lowest BCUT2D eigenvalue weighted by Gasteiger charge is -2.28. The average molecular weight is 496 g/mol. The third-order valence-corrected chi connectivity index (χ3v) is 4.94. The van der Waals surface area contributed by atoms with Crippen LogP contribution in [0.5, 0.6) is 6.01 Å². The van der Waals surface area contributed by atoms with Crippen molar-refractivity contribution in [2.75, 3.05) is 44.4 Å². The number of anilines is 1. The Morgan fingerprint density at radius 2 is 1.80 bits per heavy atom. The molecule has 1 aliphatic heterocycles. The minimum absolute atomic E-state index is 0.0300. The van der Waals surface area contributed by atoms with Crippen LogP contribution in [0.15, 0.2) is 42.6 Å². The Hall–Kier alpha value is -3.22. The number of hydrogen-bond donors (Lipinski definition) is 2. The van der Waals surface area contributed by atoms with Gasteiger partial charge in [0.1, 0.15) is 18.5 Å². The van der Waals surface area contributed by atoms with Crippen molar-refractivity contribution < 1.29 is 32.9 Å². The number of morpholine rings is 1. The van der Waals surface area contributed by atoms with Crippen molar-refractivity contribution in [1.29, 1.82) is 0 Å². The highest BCUT2D eigenvalue weighted by Crippen LogP contribution is 2.32. The van der Waals surface area contributed by atoms with Crippen LogP contribution in [0.25, 0.3) is 17.1 Å². The van der Waals surface area contributed by atoms with Crippen LogP contribution in [0.1, 0.15) is 19.4 Å². The first-order valence-corrected chi connectivity index (χ1v) is 11.2. The number of alkyl halides is 3. The van der Waals surface area contributed by atoms with Crippen molar-refractivity contribution in [2.45, 2.75) is 26.1 Å². The maximum Gasteiger partial charge on any atom is 0.416 e. The van der Waals surface area contributed by atoms with Gasteiger partial charge in [0.2, 0.25) is 0 Å². The highest BCUT2D eigenvalue weighted by Gasteiger charge is 2.30. The zero-order valence-electron chi connectivity index (χ0n) is 19.4. The average Bonchev–Trinajstić information content (AvgIpc) is 3.39. The van der Waals surface area contributed by atoms with E-state index in [9.17, 15) is 18.3 Å². The molecule has 0 saturated carbocycles. The van der Waals surface area contributed by atoms with E-state index in [-0.39, 0.29) is 12.6 Å². The fourth-order valence-electron chi connectivity index (χ4n) is 3.22. The van der Waals surface area contributed by atoms with Crippen molar-refractivity contribution in [3.8, 4) is 23.1 Å². The number of halogens is 3. The van der Waals surface area contributed by atoms with E-state index >= 15 is 0 Å². The number of nitrogens with zero attached hydrogens (tertiary/aromatic N) is 5. The monoisotopic (exact) mass is 495 g/mol. The molecule has 1 fully saturated rings. The Kier molecular flexibility index (Phi) is 9.01. The fourth-order valence-corrected chi connectivity index (χ4v) is 3.22. The summed E-state index contributed by atoms with van der Waals surface area (Å²) in [5, 5.41) is 23.0. The van der Waals surface area contributed by atoms with Crippen LogP contribution in [0.3, 0.4) is 0 Å². The molecule has 0 aliphatic carbocycles. The van der Waals surface area contributed by atoms with Gasteiger partial charge in [0, 0.05) is 30.9 Å². The Morgan fingerprint density at radius 3 is 2.49 bits per heavy atom. The number of ether oxygens (including phenoxy) is 2. The number of aromatic nitrogens is 4. The molecule has 3 aromatic rings. The SMILES string of the molecule is CC.OCC(O)COc1nc(N2CCOCC2)cc(-n2ccc(-c3cccc(C(F)(F)F)c3)n2)n1. The number of aliphatic hydroxyl groups is 2. The third kappa shape index (κ3) is 6.90. The molecular weight excluding hydrogens is 467 g/mol. The number of rotatable bonds is 7. The van der Waals surface area contributed by atoms with E-state index in [1.54, 1.807) is 24.4 Å². The smallest absolute Gasteiger partial charge is 0.416 e. The molecule has 1 aliphatic rings. The van der Waals surface area contributed by atoms with Crippen LogP contribution in [0.4, 0.5) is 19.0 Å². The molecule has 0 amide bonds. The van der Waals surface area contributed by atoms with Crippen molar-refractivity contribution in [3.63, 3.8) is 0 Å². The predicted molar refractivity (Wildman–Crippen MR) is 123 cm³/mol. The van der Waals surface area contributed by atoms with Gasteiger partial charge in [0.15, 0.2) is 5.82 Å². The van der Waals surface area contributed by atoms with Crippen LogP contribution in [-0.2, 0) is 10.9 Å². The van der Waals surface area contributed by atoms with Gasteiger partial charge in [-0.3, -0.25) is 0 Å². The molecule has 2 aromatic heterocycles. The summed E-state index contributed by atoms with van der Waals surface area (Å²) in [4.78, 5) is 10.6. The number of benzene rings is 1. The van der Waals surface area contributed by atoms with E-state index in [4.69, 9.17) is 14.6 Å². The lowest BCUT2D eigenvalue weighted by atomic mass is 10.1. The molecule has 3 heterocycles. The van der Waals surface area contributed by atoms with Crippen LogP contribution in [-0.4, -0.2) is 75.6 Å². The lowest BCUT2D eigenvalue weighted by Crippen LogP contribution is -2.37. The van der Waals surface area contributed by atoms with Gasteiger partial charge in [-0.05, 0) is 18.2 Å². The molecule has 190 valence electrons. The van der Waals surface area contributed by atoms with E-state index in [2.05, 4.69) is 15.1 Å². The molecule has 12 heteroatoms. The van der Waals surface area contributed by atoms with Gasteiger partial charge in [0.05, 0.1) is 31.1 Å². The van der Waals surface area contributed by atoms with E-state index in [1.807, 2.05) is 18.7 Å². The zero-order chi connectivity index (χ0) is 25.4. The van der Waals surface area contributed by atoms with Gasteiger partial charge < -0.3 is 24.6 Å². The fraction of sp³-hybridized carbons (Fsp3) is 0.435. The van der Waals surface area contributed by atoms with E-state index < -0.39 is 24.5 Å². The van der Waals surface area contributed by atoms with Gasteiger partial charge in [-0.1, -0.05) is 26.0 Å². The molecule has 1 aromatic carbocycles. The lowest BCUT2D eigenvalue weighted by molar-refractivity contribution is -0.137. The Morgan fingerprint density at radius 1 is 1.09 bits per heavy atom. The predicted octanol–water partition coefficient (Wildman–Crippen LogP) is 2.94. The van der Waals surface area contributed by atoms with E-state index in [0.29, 0.717) is 49.2 Å². The Labute approximate surface area is 200 Å². The molecule has 0 radical (unpaired) electrons. The highest BCUT2D eigenvalue weighted by molar-refractivity contribution is 5.60. The summed E-state index contributed by atoms with van der Waals surface area (Å²) in [5.74, 6) is 0.881. The zero-order valence-corrected chi connectivity index (χ0v) is 19.4. The second kappa shape index (κ2) is 12.0. The first-order valence-electron chi connectivity index (χ1n) is 11.2. The molecular formula is C23H28F3N5O4. The van der Waals surface area contributed by atoms with Crippen molar-refractivity contribution in [2.24, 2.45) is 0 Å². The second-order valence-corrected chi connectivity index (χ2v) is 7.34. The molecule has 1 atom stereocenters. The maximum absolute atomic E-state index is 13.1. The number of aliphatic hydroxyl groups excluding tert-OH is 2. The van der Waals surface area contributed by atoms with Gasteiger partial charge in [-0.15, -0.1) is 0 Å². The molecule has 1 unspecified atom stereocenters. The summed E-state index contributed by atoms with van der Waals surface area (Å²) in [6, 6.07) is 8.16. The minimum Gasteiger partial charge on any atom is -0.461 e. The third-order valence-electron chi connectivity index (χ3n) is 4.94. The van der Waals surface area contributed by atoms with Gasteiger partial charge in [-0.2, -0.15) is 28.2 Å². The standard InChI is InChI=1S/C21H22F3N5O4.C2H6/c22-21(23,24)15-3-1-2-14(10-15)17-4-5-29(27-17)19-11-18(28-6-8-32-9-7-28)25-20(26-19)33-13-16(31)12-30;1-2/h1-5,10-11,16,30-31H,6-9,12-13H2;1-2H3. The summed E-state index contributed by atoms with van der Waals surface area (Å²) in [7, 11) is 0. The summed E-state index contributed by atoms with van der Waals surface area (Å²) in [6.45, 7) is 5.57.